The first-order valence-electron chi connectivity index (χ1n) is 5.13. The van der Waals surface area contributed by atoms with Gasteiger partial charge in [-0.25, -0.2) is 0 Å². The van der Waals surface area contributed by atoms with Crippen molar-refractivity contribution in [2.24, 2.45) is 5.92 Å². The van der Waals surface area contributed by atoms with Crippen LogP contribution in [0.3, 0.4) is 0 Å². The van der Waals surface area contributed by atoms with Gasteiger partial charge in [-0.3, -0.25) is 4.79 Å². The summed E-state index contributed by atoms with van der Waals surface area (Å²) < 4.78 is 0. The largest absolute Gasteiger partial charge is 0.295 e. The van der Waals surface area contributed by atoms with Crippen molar-refractivity contribution in [1.29, 1.82) is 0 Å². The third-order valence-corrected chi connectivity index (χ3v) is 2.75. The summed E-state index contributed by atoms with van der Waals surface area (Å²) in [6.07, 6.45) is 7.15. The molecule has 1 heteroatoms. The molecule has 0 saturated heterocycles. The summed E-state index contributed by atoms with van der Waals surface area (Å²) in [4.78, 5) is 11.6. The third-order valence-electron chi connectivity index (χ3n) is 2.75. The van der Waals surface area contributed by atoms with E-state index >= 15 is 0 Å². The molecule has 1 aliphatic rings. The molecule has 0 aliphatic heterocycles. The normalized spacial score (nSPS) is 20.4. The van der Waals surface area contributed by atoms with Gasteiger partial charge in [-0.15, -0.1) is 6.58 Å². The molecule has 0 aromatic carbocycles. The van der Waals surface area contributed by atoms with Gasteiger partial charge in [0.15, 0.2) is 5.78 Å². The zero-order chi connectivity index (χ0) is 10.6. The molecular formula is C13H18O. The number of rotatable bonds is 5. The fourth-order valence-corrected chi connectivity index (χ4v) is 1.71. The Bertz CT molecular complexity index is 284. The van der Waals surface area contributed by atoms with E-state index in [1.807, 2.05) is 6.92 Å². The lowest BCUT2D eigenvalue weighted by atomic mass is 9.96. The predicted molar refractivity (Wildman–Crippen MR) is 60.1 cm³/mol. The van der Waals surface area contributed by atoms with E-state index < -0.39 is 0 Å². The highest BCUT2D eigenvalue weighted by Gasteiger charge is 2.21. The van der Waals surface area contributed by atoms with E-state index in [0.717, 1.165) is 24.8 Å². The van der Waals surface area contributed by atoms with Crippen molar-refractivity contribution in [1.82, 2.24) is 0 Å². The van der Waals surface area contributed by atoms with Gasteiger partial charge >= 0.3 is 0 Å². The molecule has 1 nitrogen and oxygen atoms in total. The summed E-state index contributed by atoms with van der Waals surface area (Å²) in [5, 5.41) is 0. The highest BCUT2D eigenvalue weighted by atomic mass is 16.1. The average molecular weight is 190 g/mol. The van der Waals surface area contributed by atoms with Crippen LogP contribution in [-0.4, -0.2) is 5.78 Å². The second-order valence-corrected chi connectivity index (χ2v) is 3.96. The zero-order valence-corrected chi connectivity index (χ0v) is 8.88. The van der Waals surface area contributed by atoms with Gasteiger partial charge in [0.1, 0.15) is 0 Å². The van der Waals surface area contributed by atoms with Crippen molar-refractivity contribution in [2.45, 2.75) is 32.6 Å². The molecular weight excluding hydrogens is 172 g/mol. The quantitative estimate of drug-likeness (QED) is 0.607. The van der Waals surface area contributed by atoms with Crippen molar-refractivity contribution < 1.29 is 4.79 Å². The summed E-state index contributed by atoms with van der Waals surface area (Å²) in [6, 6.07) is 0. The van der Waals surface area contributed by atoms with Crippen LogP contribution >= 0.6 is 0 Å². The lowest BCUT2D eigenvalue weighted by Gasteiger charge is -2.08. The number of carbonyl (C=O) groups excluding carboxylic acids is 1. The van der Waals surface area contributed by atoms with Gasteiger partial charge in [-0.2, -0.15) is 0 Å². The van der Waals surface area contributed by atoms with Crippen molar-refractivity contribution in [2.75, 3.05) is 0 Å². The number of hydrogen-bond acceptors (Lipinski definition) is 1. The molecule has 0 spiro atoms. The standard InChI is InChI=1S/C13H18O/c1-4-5-6-13(14)12-8-7-11(9-12)10(2)3/h4,8,11H,1-2,5-7,9H2,3H3. The number of carbonyl (C=O) groups is 1. The maximum Gasteiger partial charge on any atom is 0.158 e. The second-order valence-electron chi connectivity index (χ2n) is 3.96. The molecule has 0 radical (unpaired) electrons. The Morgan fingerprint density at radius 3 is 2.93 bits per heavy atom. The Hall–Kier alpha value is -1.11. The highest BCUT2D eigenvalue weighted by molar-refractivity contribution is 5.95. The van der Waals surface area contributed by atoms with Gasteiger partial charge in [0.2, 0.25) is 0 Å². The lowest BCUT2D eigenvalue weighted by Crippen LogP contribution is -2.02. The molecule has 76 valence electrons. The summed E-state index contributed by atoms with van der Waals surface area (Å²) in [5.41, 5.74) is 2.19. The van der Waals surface area contributed by atoms with Crippen LogP contribution in [-0.2, 0) is 4.79 Å². The van der Waals surface area contributed by atoms with E-state index in [1.165, 1.54) is 5.57 Å². The van der Waals surface area contributed by atoms with Crippen molar-refractivity contribution in [3.63, 3.8) is 0 Å². The Morgan fingerprint density at radius 2 is 2.43 bits per heavy atom. The van der Waals surface area contributed by atoms with Crippen LogP contribution in [0.1, 0.15) is 32.6 Å². The minimum Gasteiger partial charge on any atom is -0.295 e. The number of Topliss-reactive ketones (excluding diaryl/α,β-unsaturated/α-hetero) is 1. The number of ketones is 1. The van der Waals surface area contributed by atoms with Gasteiger partial charge in [-0.05, 0) is 37.7 Å². The fraction of sp³-hybridized carbons (Fsp3) is 0.462. The van der Waals surface area contributed by atoms with E-state index in [-0.39, 0.29) is 5.78 Å². The van der Waals surface area contributed by atoms with E-state index in [1.54, 1.807) is 6.08 Å². The average Bonchev–Trinajstić information content (AvgIpc) is 2.62. The van der Waals surface area contributed by atoms with Crippen molar-refractivity contribution in [3.05, 3.63) is 36.5 Å². The third kappa shape index (κ3) is 2.69. The van der Waals surface area contributed by atoms with Crippen LogP contribution < -0.4 is 0 Å². The molecule has 1 rings (SSSR count). The molecule has 0 bridgehead atoms. The first-order valence-corrected chi connectivity index (χ1v) is 5.13. The van der Waals surface area contributed by atoms with Crippen LogP contribution in [0.2, 0.25) is 0 Å². The summed E-state index contributed by atoms with van der Waals surface area (Å²) >= 11 is 0. The van der Waals surface area contributed by atoms with Gasteiger partial charge in [0.25, 0.3) is 0 Å². The first kappa shape index (κ1) is 11.0. The van der Waals surface area contributed by atoms with Crippen LogP contribution in [0.4, 0.5) is 0 Å². The van der Waals surface area contributed by atoms with E-state index in [9.17, 15) is 4.79 Å². The molecule has 0 aromatic heterocycles. The summed E-state index contributed by atoms with van der Waals surface area (Å²) in [6.45, 7) is 9.59. The first-order chi connectivity index (χ1) is 6.65. The van der Waals surface area contributed by atoms with E-state index in [4.69, 9.17) is 0 Å². The molecule has 0 N–H and O–H groups in total. The lowest BCUT2D eigenvalue weighted by molar-refractivity contribution is -0.115. The summed E-state index contributed by atoms with van der Waals surface area (Å²) in [5.74, 6) is 0.784. The fourth-order valence-electron chi connectivity index (χ4n) is 1.71. The molecule has 0 amide bonds. The smallest absolute Gasteiger partial charge is 0.158 e. The molecule has 1 unspecified atom stereocenters. The Balaban J connectivity index is 2.44. The van der Waals surface area contributed by atoms with Gasteiger partial charge in [-0.1, -0.05) is 24.3 Å². The molecule has 1 aliphatic carbocycles. The maximum absolute atomic E-state index is 11.6. The molecule has 0 heterocycles. The van der Waals surface area contributed by atoms with Crippen LogP contribution in [0.25, 0.3) is 0 Å². The second kappa shape index (κ2) is 4.94. The molecule has 1 atom stereocenters. The van der Waals surface area contributed by atoms with Crippen LogP contribution in [0, 0.1) is 5.92 Å². The molecule has 14 heavy (non-hydrogen) atoms. The molecule has 0 saturated carbocycles. The Labute approximate surface area is 86.2 Å². The van der Waals surface area contributed by atoms with E-state index in [0.29, 0.717) is 12.3 Å². The van der Waals surface area contributed by atoms with Crippen molar-refractivity contribution >= 4 is 5.78 Å². The van der Waals surface area contributed by atoms with Gasteiger partial charge in [0, 0.05) is 6.42 Å². The predicted octanol–water partition coefficient (Wildman–Crippen LogP) is 3.43. The molecule has 0 aromatic rings. The minimum absolute atomic E-state index is 0.286. The number of allylic oxidation sites excluding steroid dienone is 4. The summed E-state index contributed by atoms with van der Waals surface area (Å²) in [7, 11) is 0. The molecule has 0 fully saturated rings. The Morgan fingerprint density at radius 1 is 1.71 bits per heavy atom. The zero-order valence-electron chi connectivity index (χ0n) is 8.88. The topological polar surface area (TPSA) is 17.1 Å². The number of hydrogen-bond donors (Lipinski definition) is 0. The monoisotopic (exact) mass is 190 g/mol. The van der Waals surface area contributed by atoms with E-state index in [2.05, 4.69) is 19.2 Å². The maximum atomic E-state index is 11.6. The van der Waals surface area contributed by atoms with Crippen LogP contribution in [0.5, 0.6) is 0 Å². The minimum atomic E-state index is 0.286. The van der Waals surface area contributed by atoms with Gasteiger partial charge in [0.05, 0.1) is 0 Å². The van der Waals surface area contributed by atoms with Crippen molar-refractivity contribution in [3.8, 4) is 0 Å². The van der Waals surface area contributed by atoms with Gasteiger partial charge < -0.3 is 0 Å². The highest BCUT2D eigenvalue weighted by Crippen LogP contribution is 2.30. The van der Waals surface area contributed by atoms with Crippen LogP contribution in [0.15, 0.2) is 36.5 Å². The SMILES string of the molecule is C=CCCC(=O)C1=CCC(C(=C)C)C1. The Kier molecular flexibility index (Phi) is 3.87.